The van der Waals surface area contributed by atoms with E-state index in [9.17, 15) is 0 Å². The third-order valence-corrected chi connectivity index (χ3v) is 3.35. The van der Waals surface area contributed by atoms with E-state index in [0.29, 0.717) is 5.92 Å². The van der Waals surface area contributed by atoms with Gasteiger partial charge in [0.05, 0.1) is 18.7 Å². The summed E-state index contributed by atoms with van der Waals surface area (Å²) in [5.41, 5.74) is 1.22. The van der Waals surface area contributed by atoms with E-state index in [-0.39, 0.29) is 0 Å². The summed E-state index contributed by atoms with van der Waals surface area (Å²) in [4.78, 5) is 0. The smallest absolute Gasteiger partial charge is 0.133 e. The topological polar surface area (TPSA) is 30.5 Å². The predicted molar refractivity (Wildman–Crippen MR) is 62.9 cm³/mol. The van der Waals surface area contributed by atoms with Crippen molar-refractivity contribution in [3.63, 3.8) is 0 Å². The van der Waals surface area contributed by atoms with Crippen LogP contribution in [0.15, 0.2) is 16.6 Å². The van der Waals surface area contributed by atoms with Crippen molar-refractivity contribution in [2.75, 3.05) is 27.3 Å². The zero-order valence-electron chi connectivity index (χ0n) is 8.84. The average molecular weight is 272 g/mol. The van der Waals surface area contributed by atoms with Gasteiger partial charge in [-0.1, -0.05) is 0 Å². The first-order valence-electron chi connectivity index (χ1n) is 4.88. The third kappa shape index (κ3) is 1.96. The molecular formula is C11H14BrNO2. The highest BCUT2D eigenvalue weighted by atomic mass is 79.9. The largest absolute Gasteiger partial charge is 0.496 e. The van der Waals surface area contributed by atoms with Crippen molar-refractivity contribution in [3.8, 4) is 11.5 Å². The Balaban J connectivity index is 2.40. The van der Waals surface area contributed by atoms with Gasteiger partial charge < -0.3 is 14.8 Å². The first-order chi connectivity index (χ1) is 7.26. The van der Waals surface area contributed by atoms with E-state index in [1.165, 1.54) is 5.56 Å². The van der Waals surface area contributed by atoms with E-state index >= 15 is 0 Å². The lowest BCUT2D eigenvalue weighted by atomic mass is 9.93. The van der Waals surface area contributed by atoms with Crippen molar-refractivity contribution in [1.29, 1.82) is 0 Å². The molecule has 4 heteroatoms. The van der Waals surface area contributed by atoms with Gasteiger partial charge in [0, 0.05) is 24.6 Å². The van der Waals surface area contributed by atoms with Gasteiger partial charge in [-0.2, -0.15) is 0 Å². The Labute approximate surface area is 97.9 Å². The van der Waals surface area contributed by atoms with Gasteiger partial charge in [0.25, 0.3) is 0 Å². The zero-order valence-corrected chi connectivity index (χ0v) is 10.4. The van der Waals surface area contributed by atoms with Crippen LogP contribution in [0.3, 0.4) is 0 Å². The zero-order chi connectivity index (χ0) is 10.8. The van der Waals surface area contributed by atoms with Crippen molar-refractivity contribution in [2.24, 2.45) is 0 Å². The standard InChI is InChI=1S/C11H14BrNO2/c1-14-10-4-9(12)11(15-2)3-8(10)7-5-13-6-7/h3-4,7,13H,5-6H2,1-2H3. The first-order valence-corrected chi connectivity index (χ1v) is 5.67. The van der Waals surface area contributed by atoms with Gasteiger partial charge >= 0.3 is 0 Å². The normalized spacial score (nSPS) is 15.9. The van der Waals surface area contributed by atoms with Crippen LogP contribution in [0.5, 0.6) is 11.5 Å². The van der Waals surface area contributed by atoms with E-state index in [4.69, 9.17) is 9.47 Å². The first kappa shape index (κ1) is 10.8. The molecule has 1 fully saturated rings. The molecule has 2 rings (SSSR count). The number of hydrogen-bond acceptors (Lipinski definition) is 3. The molecular weight excluding hydrogens is 258 g/mol. The molecule has 0 amide bonds. The minimum absolute atomic E-state index is 0.543. The molecule has 0 spiro atoms. The highest BCUT2D eigenvalue weighted by molar-refractivity contribution is 9.10. The Kier molecular flexibility index (Phi) is 3.17. The molecule has 1 saturated heterocycles. The number of halogens is 1. The summed E-state index contributed by atoms with van der Waals surface area (Å²) in [7, 11) is 3.37. The maximum atomic E-state index is 5.37. The van der Waals surface area contributed by atoms with Crippen LogP contribution in [-0.4, -0.2) is 27.3 Å². The molecule has 1 N–H and O–H groups in total. The fourth-order valence-electron chi connectivity index (χ4n) is 1.71. The monoisotopic (exact) mass is 271 g/mol. The predicted octanol–water partition coefficient (Wildman–Crippen LogP) is 2.15. The van der Waals surface area contributed by atoms with Gasteiger partial charge in [-0.25, -0.2) is 0 Å². The van der Waals surface area contributed by atoms with Crippen molar-refractivity contribution < 1.29 is 9.47 Å². The molecule has 0 unspecified atom stereocenters. The second kappa shape index (κ2) is 4.41. The summed E-state index contributed by atoms with van der Waals surface area (Å²) in [6.45, 7) is 2.03. The highest BCUT2D eigenvalue weighted by Crippen LogP contribution is 2.37. The second-order valence-corrected chi connectivity index (χ2v) is 4.44. The second-order valence-electron chi connectivity index (χ2n) is 3.58. The van der Waals surface area contributed by atoms with Crippen LogP contribution in [0.25, 0.3) is 0 Å². The van der Waals surface area contributed by atoms with Gasteiger partial charge in [0.1, 0.15) is 11.5 Å². The van der Waals surface area contributed by atoms with Crippen LogP contribution in [0.2, 0.25) is 0 Å². The fraction of sp³-hybridized carbons (Fsp3) is 0.455. The van der Waals surface area contributed by atoms with E-state index < -0.39 is 0 Å². The number of ether oxygens (including phenoxy) is 2. The molecule has 1 aliphatic rings. The molecule has 15 heavy (non-hydrogen) atoms. The summed E-state index contributed by atoms with van der Waals surface area (Å²) in [6.07, 6.45) is 0. The quantitative estimate of drug-likeness (QED) is 0.914. The number of methoxy groups -OCH3 is 2. The van der Waals surface area contributed by atoms with Crippen LogP contribution in [0.1, 0.15) is 11.5 Å². The minimum Gasteiger partial charge on any atom is -0.496 e. The van der Waals surface area contributed by atoms with E-state index in [1.807, 2.05) is 6.07 Å². The van der Waals surface area contributed by atoms with Gasteiger partial charge in [-0.05, 0) is 28.1 Å². The Morgan fingerprint density at radius 2 is 1.87 bits per heavy atom. The lowest BCUT2D eigenvalue weighted by Gasteiger charge is -2.29. The van der Waals surface area contributed by atoms with E-state index in [2.05, 4.69) is 27.3 Å². The SMILES string of the molecule is COc1cc(C2CNC2)c(OC)cc1Br. The molecule has 1 heterocycles. The highest BCUT2D eigenvalue weighted by Gasteiger charge is 2.23. The maximum Gasteiger partial charge on any atom is 0.133 e. The van der Waals surface area contributed by atoms with Crippen molar-refractivity contribution in [1.82, 2.24) is 5.32 Å². The average Bonchev–Trinajstić information content (AvgIpc) is 2.17. The third-order valence-electron chi connectivity index (χ3n) is 2.73. The Morgan fingerprint density at radius 1 is 1.20 bits per heavy atom. The molecule has 82 valence electrons. The summed E-state index contributed by atoms with van der Waals surface area (Å²) < 4.78 is 11.6. The summed E-state index contributed by atoms with van der Waals surface area (Å²) >= 11 is 3.45. The van der Waals surface area contributed by atoms with Crippen LogP contribution in [-0.2, 0) is 0 Å². The van der Waals surface area contributed by atoms with Gasteiger partial charge in [0.15, 0.2) is 0 Å². The molecule has 1 aromatic carbocycles. The molecule has 0 radical (unpaired) electrons. The number of rotatable bonds is 3. The molecule has 1 aliphatic heterocycles. The summed E-state index contributed by atoms with van der Waals surface area (Å²) in [5.74, 6) is 2.33. The van der Waals surface area contributed by atoms with E-state index in [1.54, 1.807) is 14.2 Å². The Bertz CT molecular complexity index is 364. The number of benzene rings is 1. The van der Waals surface area contributed by atoms with Crippen molar-refractivity contribution >= 4 is 15.9 Å². The van der Waals surface area contributed by atoms with Crippen molar-refractivity contribution in [3.05, 3.63) is 22.2 Å². The van der Waals surface area contributed by atoms with Gasteiger partial charge in [-0.15, -0.1) is 0 Å². The molecule has 1 aromatic rings. The van der Waals surface area contributed by atoms with E-state index in [0.717, 1.165) is 29.1 Å². The van der Waals surface area contributed by atoms with Crippen LogP contribution >= 0.6 is 15.9 Å². The van der Waals surface area contributed by atoms with Crippen LogP contribution in [0, 0.1) is 0 Å². The van der Waals surface area contributed by atoms with Crippen LogP contribution in [0.4, 0.5) is 0 Å². The molecule has 0 bridgehead atoms. The lowest BCUT2D eigenvalue weighted by Crippen LogP contribution is -2.40. The summed E-state index contributed by atoms with van der Waals surface area (Å²) in [5, 5.41) is 3.26. The summed E-state index contributed by atoms with van der Waals surface area (Å²) in [6, 6.07) is 4.01. The fourth-order valence-corrected chi connectivity index (χ4v) is 2.20. The van der Waals surface area contributed by atoms with Gasteiger partial charge in [-0.3, -0.25) is 0 Å². The van der Waals surface area contributed by atoms with Gasteiger partial charge in [0.2, 0.25) is 0 Å². The van der Waals surface area contributed by atoms with Crippen LogP contribution < -0.4 is 14.8 Å². The number of nitrogens with one attached hydrogen (secondary N) is 1. The maximum absolute atomic E-state index is 5.37. The molecule has 0 aliphatic carbocycles. The lowest BCUT2D eigenvalue weighted by molar-refractivity contribution is 0.376. The Hall–Kier alpha value is -0.740. The molecule has 3 nitrogen and oxygen atoms in total. The van der Waals surface area contributed by atoms with Crippen molar-refractivity contribution in [2.45, 2.75) is 5.92 Å². The minimum atomic E-state index is 0.543. The number of hydrogen-bond donors (Lipinski definition) is 1. The molecule has 0 aromatic heterocycles. The molecule has 0 atom stereocenters. The molecule has 0 saturated carbocycles. The Morgan fingerprint density at radius 3 is 2.33 bits per heavy atom.